The summed E-state index contributed by atoms with van der Waals surface area (Å²) in [7, 11) is 0. The van der Waals surface area contributed by atoms with Crippen molar-refractivity contribution in [3.05, 3.63) is 34.4 Å². The van der Waals surface area contributed by atoms with Crippen molar-refractivity contribution in [2.75, 3.05) is 0 Å². The number of hydrogen-bond acceptors (Lipinski definition) is 4. The summed E-state index contributed by atoms with van der Waals surface area (Å²) < 4.78 is 1.72. The van der Waals surface area contributed by atoms with Gasteiger partial charge in [0.05, 0.1) is 5.69 Å². The summed E-state index contributed by atoms with van der Waals surface area (Å²) in [5.41, 5.74) is 9.89. The lowest BCUT2D eigenvalue weighted by atomic mass is 10.1. The van der Waals surface area contributed by atoms with Crippen LogP contribution >= 0.6 is 0 Å². The normalized spacial score (nSPS) is 10.7. The van der Waals surface area contributed by atoms with Gasteiger partial charge in [-0.05, 0) is 38.8 Å². The van der Waals surface area contributed by atoms with E-state index in [1.165, 1.54) is 5.56 Å². The maximum atomic E-state index is 7.49. The summed E-state index contributed by atoms with van der Waals surface area (Å²) in [5, 5.41) is 12.0. The van der Waals surface area contributed by atoms with Gasteiger partial charge in [0.1, 0.15) is 11.5 Å². The molecule has 0 saturated heterocycles. The van der Waals surface area contributed by atoms with E-state index in [-0.39, 0.29) is 5.84 Å². The van der Waals surface area contributed by atoms with E-state index in [4.69, 9.17) is 11.1 Å². The Bertz CT molecular complexity index is 641. The van der Waals surface area contributed by atoms with Crippen molar-refractivity contribution >= 4 is 5.84 Å². The van der Waals surface area contributed by atoms with Gasteiger partial charge in [0.2, 0.25) is 0 Å². The zero-order valence-corrected chi connectivity index (χ0v) is 11.7. The van der Waals surface area contributed by atoms with Crippen LogP contribution < -0.4 is 5.73 Å². The molecule has 0 amide bonds. The van der Waals surface area contributed by atoms with Gasteiger partial charge in [-0.15, -0.1) is 0 Å². The highest BCUT2D eigenvalue weighted by Crippen LogP contribution is 2.16. The standard InChI is InChI=1S/C13H18N6/c1-5-10-8(3)18-19(9(10)4)13-16-7(2)6-11(17-13)12(14)15/h6H,5H2,1-4H3,(H3,14,15). The molecule has 0 spiro atoms. The molecule has 100 valence electrons. The van der Waals surface area contributed by atoms with Crippen molar-refractivity contribution in [2.45, 2.75) is 34.1 Å². The number of rotatable bonds is 3. The molecule has 0 radical (unpaired) electrons. The minimum Gasteiger partial charge on any atom is -0.382 e. The van der Waals surface area contributed by atoms with Gasteiger partial charge in [0.15, 0.2) is 0 Å². The fraction of sp³-hybridized carbons (Fsp3) is 0.385. The van der Waals surface area contributed by atoms with Crippen LogP contribution in [0.15, 0.2) is 6.07 Å². The van der Waals surface area contributed by atoms with Gasteiger partial charge in [0.25, 0.3) is 5.95 Å². The summed E-state index contributed by atoms with van der Waals surface area (Å²) in [6.45, 7) is 7.92. The first-order valence-electron chi connectivity index (χ1n) is 6.19. The van der Waals surface area contributed by atoms with Crippen molar-refractivity contribution in [3.63, 3.8) is 0 Å². The van der Waals surface area contributed by atoms with Crippen LogP contribution in [0.4, 0.5) is 0 Å². The van der Waals surface area contributed by atoms with Gasteiger partial charge in [-0.3, -0.25) is 5.41 Å². The molecule has 0 unspecified atom stereocenters. The molecular formula is C13H18N6. The second-order valence-corrected chi connectivity index (χ2v) is 4.52. The molecule has 0 atom stereocenters. The van der Waals surface area contributed by atoms with Gasteiger partial charge in [-0.25, -0.2) is 14.6 Å². The molecular weight excluding hydrogens is 240 g/mol. The third-order valence-electron chi connectivity index (χ3n) is 3.10. The molecule has 2 aromatic rings. The molecule has 0 saturated carbocycles. The number of nitrogens with zero attached hydrogens (tertiary/aromatic N) is 4. The summed E-state index contributed by atoms with van der Waals surface area (Å²) in [5.74, 6) is 0.398. The van der Waals surface area contributed by atoms with E-state index in [9.17, 15) is 0 Å². The highest BCUT2D eigenvalue weighted by atomic mass is 15.4. The van der Waals surface area contributed by atoms with Crippen molar-refractivity contribution in [3.8, 4) is 5.95 Å². The molecule has 0 aliphatic heterocycles. The Balaban J connectivity index is 2.62. The Hall–Kier alpha value is -2.24. The first kappa shape index (κ1) is 13.2. The molecule has 6 nitrogen and oxygen atoms in total. The van der Waals surface area contributed by atoms with E-state index in [1.54, 1.807) is 10.7 Å². The van der Waals surface area contributed by atoms with Crippen molar-refractivity contribution < 1.29 is 0 Å². The molecule has 0 bridgehead atoms. The average Bonchev–Trinajstić information content (AvgIpc) is 2.63. The molecule has 3 N–H and O–H groups in total. The lowest BCUT2D eigenvalue weighted by molar-refractivity contribution is 0.765. The maximum absolute atomic E-state index is 7.49. The zero-order chi connectivity index (χ0) is 14.2. The van der Waals surface area contributed by atoms with Gasteiger partial charge < -0.3 is 5.73 Å². The van der Waals surface area contributed by atoms with Crippen molar-refractivity contribution in [1.82, 2.24) is 19.7 Å². The van der Waals surface area contributed by atoms with Gasteiger partial charge >= 0.3 is 0 Å². The topological polar surface area (TPSA) is 93.5 Å². The first-order chi connectivity index (χ1) is 8.93. The summed E-state index contributed by atoms with van der Waals surface area (Å²) in [4.78, 5) is 8.67. The SMILES string of the molecule is CCc1c(C)nn(-c2nc(C)cc(C(=N)N)n2)c1C. The minimum atomic E-state index is -0.0657. The molecule has 0 fully saturated rings. The molecule has 2 rings (SSSR count). The Morgan fingerprint density at radius 3 is 2.53 bits per heavy atom. The molecule has 0 aromatic carbocycles. The van der Waals surface area contributed by atoms with Gasteiger partial charge in [0, 0.05) is 11.4 Å². The number of aryl methyl sites for hydroxylation is 2. The Kier molecular flexibility index (Phi) is 3.33. The summed E-state index contributed by atoms with van der Waals surface area (Å²) in [6.07, 6.45) is 0.920. The van der Waals surface area contributed by atoms with Crippen molar-refractivity contribution in [1.29, 1.82) is 5.41 Å². The van der Waals surface area contributed by atoms with E-state index >= 15 is 0 Å². The molecule has 0 aliphatic carbocycles. The van der Waals surface area contributed by atoms with Crippen LogP contribution in [0.3, 0.4) is 0 Å². The minimum absolute atomic E-state index is 0.0657. The van der Waals surface area contributed by atoms with Crippen LogP contribution in [0.25, 0.3) is 5.95 Å². The Morgan fingerprint density at radius 2 is 2.00 bits per heavy atom. The Morgan fingerprint density at radius 1 is 1.32 bits per heavy atom. The maximum Gasteiger partial charge on any atom is 0.251 e. The predicted molar refractivity (Wildman–Crippen MR) is 73.8 cm³/mol. The number of aromatic nitrogens is 4. The highest BCUT2D eigenvalue weighted by Gasteiger charge is 2.14. The van der Waals surface area contributed by atoms with E-state index in [2.05, 4.69) is 22.0 Å². The molecule has 0 aliphatic rings. The zero-order valence-electron chi connectivity index (χ0n) is 11.7. The quantitative estimate of drug-likeness (QED) is 0.643. The predicted octanol–water partition coefficient (Wildman–Crippen LogP) is 1.43. The Labute approximate surface area is 112 Å². The van der Waals surface area contributed by atoms with Crippen LogP contribution in [0, 0.1) is 26.2 Å². The lowest BCUT2D eigenvalue weighted by Gasteiger charge is -2.06. The molecule has 19 heavy (non-hydrogen) atoms. The first-order valence-corrected chi connectivity index (χ1v) is 6.19. The molecule has 6 heteroatoms. The summed E-state index contributed by atoms with van der Waals surface area (Å²) in [6, 6.07) is 1.69. The largest absolute Gasteiger partial charge is 0.382 e. The second kappa shape index (κ2) is 4.79. The van der Waals surface area contributed by atoms with Crippen LogP contribution in [-0.2, 0) is 6.42 Å². The highest BCUT2D eigenvalue weighted by molar-refractivity contribution is 5.93. The second-order valence-electron chi connectivity index (χ2n) is 4.52. The van der Waals surface area contributed by atoms with Crippen LogP contribution in [0.5, 0.6) is 0 Å². The van der Waals surface area contributed by atoms with Crippen molar-refractivity contribution in [2.24, 2.45) is 5.73 Å². The monoisotopic (exact) mass is 258 g/mol. The third kappa shape index (κ3) is 2.33. The number of hydrogen-bond donors (Lipinski definition) is 2. The number of amidine groups is 1. The van der Waals surface area contributed by atoms with Crippen LogP contribution in [0.1, 0.15) is 35.3 Å². The van der Waals surface area contributed by atoms with Crippen LogP contribution in [0.2, 0.25) is 0 Å². The smallest absolute Gasteiger partial charge is 0.251 e. The summed E-state index contributed by atoms with van der Waals surface area (Å²) >= 11 is 0. The third-order valence-corrected chi connectivity index (χ3v) is 3.10. The van der Waals surface area contributed by atoms with Gasteiger partial charge in [-0.1, -0.05) is 6.92 Å². The average molecular weight is 258 g/mol. The lowest BCUT2D eigenvalue weighted by Crippen LogP contribution is -2.17. The molecule has 2 aromatic heterocycles. The fourth-order valence-electron chi connectivity index (χ4n) is 2.17. The number of nitrogens with two attached hydrogens (primary N) is 1. The van der Waals surface area contributed by atoms with E-state index < -0.39 is 0 Å². The van der Waals surface area contributed by atoms with E-state index in [0.717, 1.165) is 23.5 Å². The fourth-order valence-corrected chi connectivity index (χ4v) is 2.17. The van der Waals surface area contributed by atoms with Crippen LogP contribution in [-0.4, -0.2) is 25.6 Å². The number of nitrogen functional groups attached to an aromatic ring is 1. The number of nitrogens with one attached hydrogen (secondary N) is 1. The van der Waals surface area contributed by atoms with Gasteiger partial charge in [-0.2, -0.15) is 5.10 Å². The molecule has 2 heterocycles. The van der Waals surface area contributed by atoms with E-state index in [1.807, 2.05) is 20.8 Å². The van der Waals surface area contributed by atoms with E-state index in [0.29, 0.717) is 11.6 Å².